The van der Waals surface area contributed by atoms with E-state index in [1.807, 2.05) is 4.90 Å². The average molecular weight is 490 g/mol. The first-order valence-electron chi connectivity index (χ1n) is 11.6. The van der Waals surface area contributed by atoms with E-state index in [1.165, 1.54) is 21.1 Å². The van der Waals surface area contributed by atoms with E-state index in [-0.39, 0.29) is 17.6 Å². The first kappa shape index (κ1) is 24.0. The number of nitrogens with zero attached hydrogens (tertiary/aromatic N) is 3. The number of carbonyl (C=O) groups is 1. The van der Waals surface area contributed by atoms with Gasteiger partial charge in [-0.05, 0) is 61.6 Å². The zero-order chi connectivity index (χ0) is 23.6. The van der Waals surface area contributed by atoms with E-state index in [0.717, 1.165) is 13.1 Å². The number of hydrogen-bond donors (Lipinski definition) is 0. The molecular weight excluding hydrogens is 458 g/mol. The molecule has 0 bridgehead atoms. The van der Waals surface area contributed by atoms with Crippen LogP contribution in [-0.2, 0) is 20.6 Å². The van der Waals surface area contributed by atoms with Crippen LogP contribution < -0.4 is 4.90 Å². The van der Waals surface area contributed by atoms with Gasteiger partial charge in [-0.2, -0.15) is 0 Å². The van der Waals surface area contributed by atoms with Crippen LogP contribution in [0.3, 0.4) is 0 Å². The topological polar surface area (TPSA) is 60.9 Å². The van der Waals surface area contributed by atoms with E-state index in [9.17, 15) is 13.2 Å². The lowest BCUT2D eigenvalue weighted by Gasteiger charge is -2.39. The number of piperidine rings is 1. The highest BCUT2D eigenvalue weighted by Gasteiger charge is 2.34. The minimum absolute atomic E-state index is 0.0630. The Kier molecular flexibility index (Phi) is 7.31. The van der Waals surface area contributed by atoms with Gasteiger partial charge in [-0.15, -0.1) is 0 Å². The lowest BCUT2D eigenvalue weighted by Crippen LogP contribution is -2.52. The molecule has 8 heteroatoms. The molecule has 178 valence electrons. The molecular formula is C25H32ClN3O3S. The molecule has 2 aliphatic rings. The molecule has 0 N–H and O–H groups in total. The normalized spacial score (nSPS) is 18.5. The number of piperazine rings is 1. The fraction of sp³-hybridized carbons (Fsp3) is 0.480. The Balaban J connectivity index is 1.29. The Bertz CT molecular complexity index is 1110. The van der Waals surface area contributed by atoms with Gasteiger partial charge in [-0.3, -0.25) is 4.79 Å². The maximum absolute atomic E-state index is 13.1. The van der Waals surface area contributed by atoms with Gasteiger partial charge in [-0.25, -0.2) is 12.7 Å². The summed E-state index contributed by atoms with van der Waals surface area (Å²) >= 11 is 5.99. The summed E-state index contributed by atoms with van der Waals surface area (Å²) in [4.78, 5) is 17.4. The summed E-state index contributed by atoms with van der Waals surface area (Å²) in [5, 5.41) is 0.532. The molecule has 33 heavy (non-hydrogen) atoms. The van der Waals surface area contributed by atoms with Crippen molar-refractivity contribution in [1.29, 1.82) is 0 Å². The van der Waals surface area contributed by atoms with Crippen LogP contribution in [0.2, 0.25) is 5.02 Å². The van der Waals surface area contributed by atoms with Gasteiger partial charge in [-0.1, -0.05) is 35.9 Å². The number of aryl methyl sites for hydroxylation is 1. The van der Waals surface area contributed by atoms with Crippen molar-refractivity contribution in [2.45, 2.75) is 32.4 Å². The fourth-order valence-corrected chi connectivity index (χ4v) is 6.58. The monoisotopic (exact) mass is 489 g/mol. The third-order valence-electron chi connectivity index (χ3n) is 6.94. The van der Waals surface area contributed by atoms with Gasteiger partial charge in [0.25, 0.3) is 0 Å². The van der Waals surface area contributed by atoms with Crippen LogP contribution in [0, 0.1) is 19.8 Å². The highest BCUT2D eigenvalue weighted by Crippen LogP contribution is 2.27. The molecule has 2 fully saturated rings. The largest absolute Gasteiger partial charge is 0.368 e. The van der Waals surface area contributed by atoms with Crippen molar-refractivity contribution < 1.29 is 13.2 Å². The minimum Gasteiger partial charge on any atom is -0.368 e. The van der Waals surface area contributed by atoms with E-state index < -0.39 is 10.0 Å². The summed E-state index contributed by atoms with van der Waals surface area (Å²) in [5.74, 6) is 0.00403. The van der Waals surface area contributed by atoms with Crippen molar-refractivity contribution in [3.63, 3.8) is 0 Å². The average Bonchev–Trinajstić information content (AvgIpc) is 2.80. The molecule has 0 aliphatic carbocycles. The summed E-state index contributed by atoms with van der Waals surface area (Å²) in [7, 11) is -3.43. The minimum atomic E-state index is -3.43. The van der Waals surface area contributed by atoms with E-state index in [2.05, 4.69) is 36.9 Å². The molecule has 0 unspecified atom stereocenters. The summed E-state index contributed by atoms with van der Waals surface area (Å²) in [6, 6.07) is 13.3. The van der Waals surface area contributed by atoms with Crippen molar-refractivity contribution in [3.05, 3.63) is 64.2 Å². The molecule has 1 amide bonds. The number of halogens is 1. The van der Waals surface area contributed by atoms with Crippen LogP contribution in [-0.4, -0.2) is 62.8 Å². The van der Waals surface area contributed by atoms with Gasteiger partial charge in [0.05, 0.1) is 5.75 Å². The molecule has 0 atom stereocenters. The van der Waals surface area contributed by atoms with E-state index in [0.29, 0.717) is 49.6 Å². The molecule has 2 aliphatic heterocycles. The van der Waals surface area contributed by atoms with Gasteiger partial charge >= 0.3 is 0 Å². The van der Waals surface area contributed by atoms with Gasteiger partial charge in [0.1, 0.15) is 0 Å². The Hall–Kier alpha value is -2.09. The Morgan fingerprint density at radius 2 is 1.64 bits per heavy atom. The molecule has 0 aromatic heterocycles. The van der Waals surface area contributed by atoms with Crippen LogP contribution >= 0.6 is 11.6 Å². The van der Waals surface area contributed by atoms with Gasteiger partial charge in [0, 0.05) is 55.9 Å². The van der Waals surface area contributed by atoms with Crippen LogP contribution in [0.25, 0.3) is 0 Å². The molecule has 0 saturated carbocycles. The summed E-state index contributed by atoms with van der Waals surface area (Å²) in [6.45, 7) is 8.12. The second kappa shape index (κ2) is 10.0. The quantitative estimate of drug-likeness (QED) is 0.640. The van der Waals surface area contributed by atoms with Crippen molar-refractivity contribution in [2.24, 2.45) is 5.92 Å². The van der Waals surface area contributed by atoms with Gasteiger partial charge in [0.15, 0.2) is 0 Å². The third-order valence-corrected chi connectivity index (χ3v) is 9.03. The van der Waals surface area contributed by atoms with Crippen LogP contribution in [0.4, 0.5) is 5.69 Å². The molecule has 0 spiro atoms. The molecule has 2 heterocycles. The zero-order valence-electron chi connectivity index (χ0n) is 19.3. The van der Waals surface area contributed by atoms with Crippen LogP contribution in [0.1, 0.15) is 29.5 Å². The highest BCUT2D eigenvalue weighted by molar-refractivity contribution is 7.88. The number of rotatable bonds is 5. The number of benzene rings is 2. The predicted octanol–water partition coefficient (Wildman–Crippen LogP) is 3.85. The molecule has 6 nitrogen and oxygen atoms in total. The Morgan fingerprint density at radius 3 is 2.30 bits per heavy atom. The second-order valence-corrected chi connectivity index (χ2v) is 11.5. The fourth-order valence-electron chi connectivity index (χ4n) is 4.81. The SMILES string of the molecule is Cc1cccc(N2CCN(C(=O)C3CCN(S(=O)(=O)Cc4cccc(Cl)c4)CC3)CC2)c1C. The Labute approximate surface area is 202 Å². The molecule has 4 rings (SSSR count). The first-order chi connectivity index (χ1) is 15.7. The highest BCUT2D eigenvalue weighted by atomic mass is 35.5. The number of hydrogen-bond acceptors (Lipinski definition) is 4. The van der Waals surface area contributed by atoms with E-state index in [1.54, 1.807) is 24.3 Å². The second-order valence-electron chi connectivity index (χ2n) is 9.09. The van der Waals surface area contributed by atoms with Gasteiger partial charge < -0.3 is 9.80 Å². The van der Waals surface area contributed by atoms with E-state index >= 15 is 0 Å². The maximum atomic E-state index is 13.1. The third kappa shape index (κ3) is 5.53. The van der Waals surface area contributed by atoms with Gasteiger partial charge in [0.2, 0.25) is 15.9 Å². The number of amides is 1. The van der Waals surface area contributed by atoms with Crippen LogP contribution in [0.5, 0.6) is 0 Å². The number of anilines is 1. The maximum Gasteiger partial charge on any atom is 0.225 e. The summed E-state index contributed by atoms with van der Waals surface area (Å²) in [6.07, 6.45) is 1.15. The molecule has 0 radical (unpaired) electrons. The van der Waals surface area contributed by atoms with Crippen molar-refractivity contribution in [1.82, 2.24) is 9.21 Å². The molecule has 2 saturated heterocycles. The predicted molar refractivity (Wildman–Crippen MR) is 133 cm³/mol. The standard InChI is InChI=1S/C25H32ClN3O3S/c1-19-5-3-8-24(20(19)2)27-13-15-28(16-14-27)25(30)22-9-11-29(12-10-22)33(31,32)18-21-6-4-7-23(26)17-21/h3-8,17,22H,9-16,18H2,1-2H3. The number of sulfonamides is 1. The summed E-state index contributed by atoms with van der Waals surface area (Å²) in [5.41, 5.74) is 4.51. The Morgan fingerprint density at radius 1 is 0.970 bits per heavy atom. The zero-order valence-corrected chi connectivity index (χ0v) is 20.9. The lowest BCUT2D eigenvalue weighted by atomic mass is 9.96. The molecule has 2 aromatic carbocycles. The number of carbonyl (C=O) groups excluding carboxylic acids is 1. The van der Waals surface area contributed by atoms with Crippen LogP contribution in [0.15, 0.2) is 42.5 Å². The smallest absolute Gasteiger partial charge is 0.225 e. The van der Waals surface area contributed by atoms with Crippen molar-refractivity contribution in [2.75, 3.05) is 44.2 Å². The van der Waals surface area contributed by atoms with Crippen molar-refractivity contribution >= 4 is 33.2 Å². The first-order valence-corrected chi connectivity index (χ1v) is 13.6. The van der Waals surface area contributed by atoms with Crippen molar-refractivity contribution in [3.8, 4) is 0 Å². The summed E-state index contributed by atoms with van der Waals surface area (Å²) < 4.78 is 27.2. The lowest BCUT2D eigenvalue weighted by molar-refractivity contribution is -0.137. The van der Waals surface area contributed by atoms with E-state index in [4.69, 9.17) is 11.6 Å². The molecule has 2 aromatic rings.